The molecular weight excluding hydrogens is 1560 g/mol. The Morgan fingerprint density at radius 3 is 0.787 bits per heavy atom. The van der Waals surface area contributed by atoms with E-state index >= 15 is 0 Å². The SMILES string of the molecule is O=C(O)c1ccc(OC2CCCC2)cc1.O=C(O)c1cccc(OC2CCCC2)c1.O=C(O)c1cccc(OCC2CC2)c1.O=C(O)c1cccc(OCC2CCC2)c1.O=C(O)c1cccc(OCC2CCCCC2)c1.O=C(O)c1ccccc1OC1CCCC1.O=C(O)c1ccccc1OCC1CC1.O=C(O)c1ccccc1OCC1CCCCC1. The number of benzene rings is 8. The molecule has 652 valence electrons. The van der Waals surface area contributed by atoms with Crippen LogP contribution in [-0.2, 0) is 0 Å². The summed E-state index contributed by atoms with van der Waals surface area (Å²) in [6.07, 6.45) is 35.8. The Morgan fingerprint density at radius 2 is 0.475 bits per heavy atom. The van der Waals surface area contributed by atoms with Gasteiger partial charge in [-0.05, 0) is 304 Å². The van der Waals surface area contributed by atoms with Crippen molar-refractivity contribution >= 4 is 47.8 Å². The minimum Gasteiger partial charge on any atom is -0.493 e. The number of carboxylic acids is 8. The predicted octanol–water partition coefficient (Wildman–Crippen LogP) is 21.7. The number of hydrogen-bond acceptors (Lipinski definition) is 16. The van der Waals surface area contributed by atoms with E-state index in [1.807, 2.05) is 18.2 Å². The number of carbonyl (C=O) groups is 8. The molecule has 8 aliphatic rings. The van der Waals surface area contributed by atoms with E-state index in [0.717, 1.165) is 44.3 Å². The summed E-state index contributed by atoms with van der Waals surface area (Å²) in [7, 11) is 0. The maximum absolute atomic E-state index is 11.0. The molecule has 0 saturated heterocycles. The van der Waals surface area contributed by atoms with Crippen molar-refractivity contribution in [2.75, 3.05) is 33.0 Å². The Balaban J connectivity index is 0.000000158. The molecular formula is C98H116O24. The highest BCUT2D eigenvalue weighted by Crippen LogP contribution is 2.35. The Labute approximate surface area is 713 Å². The van der Waals surface area contributed by atoms with E-state index in [-0.39, 0.29) is 51.2 Å². The largest absolute Gasteiger partial charge is 0.493 e. The van der Waals surface area contributed by atoms with Crippen molar-refractivity contribution in [3.63, 3.8) is 0 Å². The average Bonchev–Trinajstić information content (AvgIpc) is 1.95. The highest BCUT2D eigenvalue weighted by atomic mass is 16.5. The van der Waals surface area contributed by atoms with Crippen LogP contribution in [0.25, 0.3) is 0 Å². The average molecular weight is 1680 g/mol. The molecule has 24 nitrogen and oxygen atoms in total. The van der Waals surface area contributed by atoms with Crippen LogP contribution in [0.4, 0.5) is 0 Å². The fraction of sp³-hybridized carbons (Fsp3) is 0.429. The van der Waals surface area contributed by atoms with Crippen LogP contribution in [0.15, 0.2) is 194 Å². The molecule has 0 spiro atoms. The van der Waals surface area contributed by atoms with Crippen molar-refractivity contribution in [2.45, 2.75) is 205 Å². The van der Waals surface area contributed by atoms with Crippen LogP contribution in [0.1, 0.15) is 269 Å². The zero-order valence-corrected chi connectivity index (χ0v) is 69.2. The smallest absolute Gasteiger partial charge is 0.339 e. The van der Waals surface area contributed by atoms with Crippen LogP contribution in [0.3, 0.4) is 0 Å². The summed E-state index contributed by atoms with van der Waals surface area (Å²) in [4.78, 5) is 86.2. The minimum atomic E-state index is -0.934. The van der Waals surface area contributed by atoms with Crippen molar-refractivity contribution in [1.29, 1.82) is 0 Å². The third-order valence-electron chi connectivity index (χ3n) is 22.1. The summed E-state index contributed by atoms with van der Waals surface area (Å²) in [5.41, 5.74) is 2.17. The van der Waals surface area contributed by atoms with Crippen LogP contribution in [-0.4, -0.2) is 140 Å². The summed E-state index contributed by atoms with van der Waals surface area (Å²) < 4.78 is 44.9. The van der Waals surface area contributed by atoms with Gasteiger partial charge in [-0.2, -0.15) is 0 Å². The minimum absolute atomic E-state index is 0.200. The lowest BCUT2D eigenvalue weighted by Gasteiger charge is -2.25. The zero-order valence-electron chi connectivity index (χ0n) is 69.2. The van der Waals surface area contributed by atoms with Crippen LogP contribution in [0.5, 0.6) is 46.0 Å². The Morgan fingerprint density at radius 1 is 0.213 bits per heavy atom. The molecule has 122 heavy (non-hydrogen) atoms. The summed E-state index contributed by atoms with van der Waals surface area (Å²) in [6, 6.07) is 53.6. The van der Waals surface area contributed by atoms with Gasteiger partial charge in [0.15, 0.2) is 0 Å². The predicted molar refractivity (Wildman–Crippen MR) is 459 cm³/mol. The van der Waals surface area contributed by atoms with Gasteiger partial charge in [-0.3, -0.25) is 0 Å². The second-order valence-electron chi connectivity index (χ2n) is 31.9. The van der Waals surface area contributed by atoms with E-state index in [1.54, 1.807) is 176 Å². The standard InChI is InChI=1S/2C14H18O3.4C12H14O3.2C11H12O3/c15-14(16)12-8-4-5-9-13(12)17-10-11-6-2-1-3-7-11;15-14(16)12-7-4-8-13(9-12)17-10-11-5-2-1-3-6-11;13-12(14)10-5-2-6-11(7-10)15-8-9-3-1-4-9;13-12(14)9-4-3-7-11(8-9)15-10-5-1-2-6-10;13-12(14)10-7-3-4-8-11(10)15-9-5-1-2-6-9;13-12(14)9-5-7-11(8-6-9)15-10-3-1-2-4-10;12-11(13)9-2-1-3-10(6-9)14-7-8-4-5-8;12-11(13)9-3-1-2-4-10(9)14-7-8-5-6-8/h4-5,8-9,11H,1-3,6-7,10H2,(H,15,16);4,7-9,11H,1-3,5-6,10H2,(H,15,16);2,5-7,9H,1,3-4,8H2,(H,13,14);3-4,7-8,10H,1-2,5-6H2,(H,13,14);3-4,7-9H,1-2,5-6H2,(H,13,14);5-8,10H,1-4H2,(H,13,14);1-3,6,8H,4-5,7H2,(H,12,13);1-4,8H,5-7H2,(H,12,13). The normalized spacial score (nSPS) is 16.2. The number of para-hydroxylation sites is 3. The van der Waals surface area contributed by atoms with E-state index < -0.39 is 47.8 Å². The van der Waals surface area contributed by atoms with Crippen molar-refractivity contribution in [3.05, 3.63) is 239 Å². The molecule has 0 atom stereocenters. The number of ether oxygens (including phenoxy) is 8. The molecule has 0 radical (unpaired) electrons. The van der Waals surface area contributed by atoms with Crippen molar-refractivity contribution in [2.24, 2.45) is 29.6 Å². The molecule has 0 heterocycles. The second-order valence-corrected chi connectivity index (χ2v) is 31.9. The molecule has 0 unspecified atom stereocenters. The van der Waals surface area contributed by atoms with Crippen LogP contribution in [0, 0.1) is 29.6 Å². The van der Waals surface area contributed by atoms with Crippen LogP contribution < -0.4 is 37.9 Å². The van der Waals surface area contributed by atoms with Crippen molar-refractivity contribution in [1.82, 2.24) is 0 Å². The maximum atomic E-state index is 11.0. The van der Waals surface area contributed by atoms with E-state index in [1.165, 1.54) is 148 Å². The molecule has 0 bridgehead atoms. The first-order valence-electron chi connectivity index (χ1n) is 42.9. The van der Waals surface area contributed by atoms with E-state index in [2.05, 4.69) is 0 Å². The quantitative estimate of drug-likeness (QED) is 0.0216. The topological polar surface area (TPSA) is 372 Å². The van der Waals surface area contributed by atoms with Gasteiger partial charge >= 0.3 is 47.8 Å². The number of carboxylic acid groups (broad SMARTS) is 8. The fourth-order valence-electron chi connectivity index (χ4n) is 14.4. The highest BCUT2D eigenvalue weighted by molar-refractivity contribution is 5.93. The lowest BCUT2D eigenvalue weighted by molar-refractivity contribution is 0.0678. The summed E-state index contributed by atoms with van der Waals surface area (Å²) in [5.74, 6) is 0.747. The summed E-state index contributed by atoms with van der Waals surface area (Å²) in [6.45, 7) is 3.42. The van der Waals surface area contributed by atoms with Gasteiger partial charge in [0.1, 0.15) is 62.7 Å². The highest BCUT2D eigenvalue weighted by Gasteiger charge is 2.26. The van der Waals surface area contributed by atoms with Gasteiger partial charge < -0.3 is 78.7 Å². The lowest BCUT2D eigenvalue weighted by atomic mass is 9.86. The number of hydrogen-bond donors (Lipinski definition) is 8. The molecule has 0 amide bonds. The lowest BCUT2D eigenvalue weighted by Crippen LogP contribution is -2.19. The molecule has 8 N–H and O–H groups in total. The van der Waals surface area contributed by atoms with E-state index in [9.17, 15) is 38.4 Å². The summed E-state index contributed by atoms with van der Waals surface area (Å²) >= 11 is 0. The molecule has 8 aromatic rings. The third kappa shape index (κ3) is 34.6. The molecule has 8 aliphatic carbocycles. The fourth-order valence-corrected chi connectivity index (χ4v) is 14.4. The van der Waals surface area contributed by atoms with Crippen LogP contribution >= 0.6 is 0 Å². The third-order valence-corrected chi connectivity index (χ3v) is 22.1. The molecule has 24 heteroatoms. The molecule has 8 aromatic carbocycles. The molecule has 16 rings (SSSR count). The molecule has 8 fully saturated rings. The maximum Gasteiger partial charge on any atom is 0.339 e. The summed E-state index contributed by atoms with van der Waals surface area (Å²) in [5, 5.41) is 70.8. The van der Waals surface area contributed by atoms with Gasteiger partial charge in [-0.15, -0.1) is 0 Å². The van der Waals surface area contributed by atoms with Crippen LogP contribution in [0.2, 0.25) is 0 Å². The zero-order chi connectivity index (χ0) is 86.8. The second kappa shape index (κ2) is 50.9. The van der Waals surface area contributed by atoms with Crippen molar-refractivity contribution in [3.8, 4) is 46.0 Å². The molecule has 8 saturated carbocycles. The Bertz CT molecular complexity index is 4570. The van der Waals surface area contributed by atoms with Gasteiger partial charge in [0.25, 0.3) is 0 Å². The van der Waals surface area contributed by atoms with Gasteiger partial charge in [0, 0.05) is 0 Å². The van der Waals surface area contributed by atoms with E-state index in [0.29, 0.717) is 115 Å². The number of aromatic carboxylic acids is 8. The van der Waals surface area contributed by atoms with Gasteiger partial charge in [0.2, 0.25) is 0 Å². The number of rotatable bonds is 29. The van der Waals surface area contributed by atoms with E-state index in [4.69, 9.17) is 78.7 Å². The van der Waals surface area contributed by atoms with Gasteiger partial charge in [-0.25, -0.2) is 38.4 Å². The molecule has 0 aliphatic heterocycles. The first-order valence-corrected chi connectivity index (χ1v) is 42.9. The Hall–Kier alpha value is -12.1. The van der Waals surface area contributed by atoms with Crippen molar-refractivity contribution < 1.29 is 117 Å². The van der Waals surface area contributed by atoms with Gasteiger partial charge in [-0.1, -0.05) is 106 Å². The first-order chi connectivity index (χ1) is 59.1. The monoisotopic (exact) mass is 1680 g/mol. The van der Waals surface area contributed by atoms with Gasteiger partial charge in [0.05, 0.1) is 79.2 Å². The molecule has 0 aromatic heterocycles. The Kier molecular flexibility index (Phi) is 39.1. The first kappa shape index (κ1) is 93.8.